The molecule has 0 saturated heterocycles. The van der Waals surface area contributed by atoms with Gasteiger partial charge in [0.15, 0.2) is 0 Å². The molecule has 0 amide bonds. The van der Waals surface area contributed by atoms with Gasteiger partial charge >= 0.3 is 0 Å². The van der Waals surface area contributed by atoms with Crippen LogP contribution in [0.2, 0.25) is 0 Å². The number of rotatable bonds is 3. The van der Waals surface area contributed by atoms with E-state index >= 15 is 0 Å². The van der Waals surface area contributed by atoms with Crippen molar-refractivity contribution in [3.05, 3.63) is 40.5 Å². The van der Waals surface area contributed by atoms with Crippen molar-refractivity contribution in [2.24, 2.45) is 11.5 Å². The van der Waals surface area contributed by atoms with E-state index in [1.165, 1.54) is 5.56 Å². The first-order valence-electron chi connectivity index (χ1n) is 7.36. The van der Waals surface area contributed by atoms with Gasteiger partial charge in [-0.05, 0) is 55.0 Å². The summed E-state index contributed by atoms with van der Waals surface area (Å²) in [6, 6.07) is 5.53. The predicted molar refractivity (Wildman–Crippen MR) is 87.9 cm³/mol. The standard InChI is InChI=1S/C16H21N5O/c1-8-7-11(14(17)18)15(19)21-16(8)20-13-10-4-2-3-9(10)5-6-12(13)22/h5-7,14,22H,2-4,17-18H2,1H3,(H3,19,20,21). The fourth-order valence-electron chi connectivity index (χ4n) is 2.95. The molecule has 6 heteroatoms. The highest BCUT2D eigenvalue weighted by molar-refractivity contribution is 5.72. The third kappa shape index (κ3) is 2.47. The molecule has 1 aromatic carbocycles. The number of nitrogens with zero attached hydrogens (tertiary/aromatic N) is 1. The Balaban J connectivity index is 2.01. The SMILES string of the molecule is Cc1cc(C(N)N)c(N)nc1Nc1c(O)ccc2c1CCC2. The second kappa shape index (κ2) is 5.47. The molecule has 2 aromatic rings. The zero-order valence-electron chi connectivity index (χ0n) is 12.6. The van der Waals surface area contributed by atoms with Crippen LogP contribution in [0.25, 0.3) is 0 Å². The Morgan fingerprint density at radius 2 is 2.05 bits per heavy atom. The average molecular weight is 299 g/mol. The van der Waals surface area contributed by atoms with Crippen molar-refractivity contribution >= 4 is 17.3 Å². The molecule has 0 saturated carbocycles. The number of nitrogens with two attached hydrogens (primary N) is 3. The summed E-state index contributed by atoms with van der Waals surface area (Å²) < 4.78 is 0. The number of hydrogen-bond acceptors (Lipinski definition) is 6. The molecule has 0 atom stereocenters. The number of aromatic nitrogens is 1. The molecule has 1 aliphatic carbocycles. The van der Waals surface area contributed by atoms with Crippen molar-refractivity contribution in [1.82, 2.24) is 4.98 Å². The van der Waals surface area contributed by atoms with Crippen LogP contribution in [0.1, 0.15) is 34.8 Å². The van der Waals surface area contributed by atoms with Crippen LogP contribution in [0.4, 0.5) is 17.3 Å². The quantitative estimate of drug-likeness (QED) is 0.435. The van der Waals surface area contributed by atoms with Crippen LogP contribution in [0.5, 0.6) is 5.75 Å². The van der Waals surface area contributed by atoms with Gasteiger partial charge in [0.1, 0.15) is 17.4 Å². The summed E-state index contributed by atoms with van der Waals surface area (Å²) in [7, 11) is 0. The topological polar surface area (TPSA) is 123 Å². The fourth-order valence-corrected chi connectivity index (χ4v) is 2.95. The highest BCUT2D eigenvalue weighted by Crippen LogP contribution is 2.38. The zero-order valence-corrected chi connectivity index (χ0v) is 12.6. The van der Waals surface area contributed by atoms with E-state index in [4.69, 9.17) is 17.2 Å². The molecule has 0 fully saturated rings. The third-order valence-electron chi connectivity index (χ3n) is 4.14. The van der Waals surface area contributed by atoms with E-state index < -0.39 is 6.17 Å². The van der Waals surface area contributed by atoms with Gasteiger partial charge in [-0.3, -0.25) is 0 Å². The molecule has 0 radical (unpaired) electrons. The minimum atomic E-state index is -0.658. The lowest BCUT2D eigenvalue weighted by molar-refractivity contribution is 0.477. The lowest BCUT2D eigenvalue weighted by atomic mass is 10.1. The van der Waals surface area contributed by atoms with Gasteiger partial charge in [-0.2, -0.15) is 0 Å². The number of phenols is 1. The number of phenolic OH excluding ortho intramolecular Hbond substituents is 1. The van der Waals surface area contributed by atoms with E-state index in [1.54, 1.807) is 6.07 Å². The van der Waals surface area contributed by atoms with Crippen LogP contribution >= 0.6 is 0 Å². The number of pyridine rings is 1. The van der Waals surface area contributed by atoms with Crippen LogP contribution in [0.3, 0.4) is 0 Å². The molecule has 0 spiro atoms. The largest absolute Gasteiger partial charge is 0.506 e. The van der Waals surface area contributed by atoms with E-state index in [0.29, 0.717) is 17.2 Å². The lowest BCUT2D eigenvalue weighted by Crippen LogP contribution is -2.22. The lowest BCUT2D eigenvalue weighted by Gasteiger charge is -2.17. The summed E-state index contributed by atoms with van der Waals surface area (Å²) in [5, 5.41) is 13.4. The second-order valence-corrected chi connectivity index (χ2v) is 5.73. The summed E-state index contributed by atoms with van der Waals surface area (Å²) in [6.07, 6.45) is 2.43. The number of hydrogen-bond donors (Lipinski definition) is 5. The van der Waals surface area contributed by atoms with E-state index in [9.17, 15) is 5.11 Å². The fraction of sp³-hybridized carbons (Fsp3) is 0.312. The minimum absolute atomic E-state index is 0.222. The monoisotopic (exact) mass is 299 g/mol. The van der Waals surface area contributed by atoms with Gasteiger partial charge in [0.25, 0.3) is 0 Å². The normalized spacial score (nSPS) is 13.5. The van der Waals surface area contributed by atoms with Crippen molar-refractivity contribution in [2.45, 2.75) is 32.4 Å². The maximum absolute atomic E-state index is 10.2. The Morgan fingerprint density at radius 3 is 2.77 bits per heavy atom. The van der Waals surface area contributed by atoms with Gasteiger partial charge in [-0.15, -0.1) is 0 Å². The average Bonchev–Trinajstić information content (AvgIpc) is 2.93. The highest BCUT2D eigenvalue weighted by atomic mass is 16.3. The predicted octanol–water partition coefficient (Wildman–Crippen LogP) is 1.83. The maximum atomic E-state index is 10.2. The summed E-state index contributed by atoms with van der Waals surface area (Å²) in [5.41, 5.74) is 21.9. The van der Waals surface area contributed by atoms with Crippen molar-refractivity contribution < 1.29 is 5.11 Å². The molecule has 0 unspecified atom stereocenters. The number of aryl methyl sites for hydroxylation is 2. The molecule has 1 aromatic heterocycles. The number of nitrogen functional groups attached to an aromatic ring is 1. The molecule has 8 N–H and O–H groups in total. The molecule has 116 valence electrons. The summed E-state index contributed by atoms with van der Waals surface area (Å²) in [5.74, 6) is 1.13. The Labute approximate surface area is 129 Å². The van der Waals surface area contributed by atoms with Gasteiger partial charge in [0.05, 0.1) is 11.9 Å². The van der Waals surface area contributed by atoms with E-state index in [2.05, 4.69) is 10.3 Å². The Hall–Kier alpha value is -2.31. The van der Waals surface area contributed by atoms with Crippen molar-refractivity contribution in [2.75, 3.05) is 11.1 Å². The minimum Gasteiger partial charge on any atom is -0.506 e. The maximum Gasteiger partial charge on any atom is 0.139 e. The smallest absolute Gasteiger partial charge is 0.139 e. The summed E-state index contributed by atoms with van der Waals surface area (Å²) >= 11 is 0. The van der Waals surface area contributed by atoms with Gasteiger partial charge < -0.3 is 27.6 Å². The van der Waals surface area contributed by atoms with Gasteiger partial charge in [0, 0.05) is 5.56 Å². The molecule has 3 rings (SSSR count). The van der Waals surface area contributed by atoms with Gasteiger partial charge in [0.2, 0.25) is 0 Å². The van der Waals surface area contributed by atoms with Gasteiger partial charge in [-0.1, -0.05) is 6.07 Å². The highest BCUT2D eigenvalue weighted by Gasteiger charge is 2.19. The Bertz CT molecular complexity index is 727. The van der Waals surface area contributed by atoms with Crippen molar-refractivity contribution in [1.29, 1.82) is 0 Å². The second-order valence-electron chi connectivity index (χ2n) is 5.73. The molecule has 1 aliphatic rings. The molecule has 1 heterocycles. The van der Waals surface area contributed by atoms with E-state index in [1.807, 2.05) is 19.1 Å². The number of nitrogens with one attached hydrogen (secondary N) is 1. The van der Waals surface area contributed by atoms with Crippen LogP contribution < -0.4 is 22.5 Å². The first-order chi connectivity index (χ1) is 10.5. The van der Waals surface area contributed by atoms with Crippen LogP contribution in [-0.2, 0) is 12.8 Å². The van der Waals surface area contributed by atoms with Crippen molar-refractivity contribution in [3.8, 4) is 5.75 Å². The number of anilines is 3. The Kier molecular flexibility index (Phi) is 3.64. The van der Waals surface area contributed by atoms with Crippen LogP contribution in [0, 0.1) is 6.92 Å². The summed E-state index contributed by atoms with van der Waals surface area (Å²) in [4.78, 5) is 4.35. The zero-order chi connectivity index (χ0) is 15.9. The third-order valence-corrected chi connectivity index (χ3v) is 4.14. The van der Waals surface area contributed by atoms with Crippen LogP contribution in [-0.4, -0.2) is 10.1 Å². The first kappa shape index (κ1) is 14.6. The molecule has 0 aliphatic heterocycles. The molecule has 22 heavy (non-hydrogen) atoms. The van der Waals surface area contributed by atoms with Gasteiger partial charge in [-0.25, -0.2) is 4.98 Å². The number of fused-ring (bicyclic) bond motifs is 1. The van der Waals surface area contributed by atoms with Crippen LogP contribution in [0.15, 0.2) is 18.2 Å². The number of benzene rings is 1. The Morgan fingerprint density at radius 1 is 1.27 bits per heavy atom. The van der Waals surface area contributed by atoms with Crippen molar-refractivity contribution in [3.63, 3.8) is 0 Å². The van der Waals surface area contributed by atoms with E-state index in [0.717, 1.165) is 36.1 Å². The van der Waals surface area contributed by atoms with E-state index in [-0.39, 0.29) is 5.75 Å². The summed E-state index contributed by atoms with van der Waals surface area (Å²) in [6.45, 7) is 1.90. The number of aromatic hydroxyl groups is 1. The molecule has 6 nitrogen and oxygen atoms in total. The molecular weight excluding hydrogens is 278 g/mol. The molecular formula is C16H21N5O. The first-order valence-corrected chi connectivity index (χ1v) is 7.36. The molecule has 0 bridgehead atoms.